The third-order valence-electron chi connectivity index (χ3n) is 2.78. The Balaban J connectivity index is 2.71. The van der Waals surface area contributed by atoms with Crippen LogP contribution in [0.25, 0.3) is 0 Å². The summed E-state index contributed by atoms with van der Waals surface area (Å²) in [6.07, 6.45) is 6.42. The number of hydrogen-bond donors (Lipinski definition) is 0. The molecule has 1 rings (SSSR count). The van der Waals surface area contributed by atoms with Crippen LogP contribution in [0.1, 0.15) is 50.7 Å². The molecule has 1 heteroatoms. The van der Waals surface area contributed by atoms with E-state index in [1.54, 1.807) is 0 Å². The Kier molecular flexibility index (Phi) is 5.23. The number of para-hydroxylation sites is 1. The third kappa shape index (κ3) is 3.58. The Morgan fingerprint density at radius 2 is 1.40 bits per heavy atom. The quantitative estimate of drug-likeness (QED) is 0.651. The van der Waals surface area contributed by atoms with E-state index in [1.807, 2.05) is 18.2 Å². The van der Waals surface area contributed by atoms with E-state index in [0.29, 0.717) is 5.75 Å². The van der Waals surface area contributed by atoms with Gasteiger partial charge in [-0.25, -0.2) is 0 Å². The van der Waals surface area contributed by atoms with Gasteiger partial charge in [0.05, 0.1) is 0 Å². The maximum atomic E-state index is 12.0. The topological polar surface area (TPSA) is 19.9 Å². The van der Waals surface area contributed by atoms with Crippen LogP contribution in [0.15, 0.2) is 18.2 Å². The van der Waals surface area contributed by atoms with E-state index in [4.69, 9.17) is 0 Å². The molecule has 0 spiro atoms. The van der Waals surface area contributed by atoms with Gasteiger partial charge in [0.15, 0.2) is 5.75 Å². The molecule has 1 aromatic rings. The molecule has 0 aliphatic rings. The lowest BCUT2D eigenvalue weighted by Gasteiger charge is -2.06. The smallest absolute Gasteiger partial charge is 0.184 e. The van der Waals surface area contributed by atoms with Gasteiger partial charge in [-0.3, -0.25) is 5.11 Å². The van der Waals surface area contributed by atoms with Crippen LogP contribution >= 0.6 is 0 Å². The summed E-state index contributed by atoms with van der Waals surface area (Å²) in [6, 6.07) is 5.98. The fourth-order valence-electron chi connectivity index (χ4n) is 1.77. The molecule has 0 heterocycles. The predicted molar refractivity (Wildman–Crippen MR) is 63.8 cm³/mol. The van der Waals surface area contributed by atoms with Gasteiger partial charge < -0.3 is 0 Å². The van der Waals surface area contributed by atoms with Gasteiger partial charge in [0.1, 0.15) is 0 Å². The van der Waals surface area contributed by atoms with Crippen molar-refractivity contribution in [1.82, 2.24) is 0 Å². The highest BCUT2D eigenvalue weighted by atomic mass is 16.3. The van der Waals surface area contributed by atoms with Crippen molar-refractivity contribution in [3.63, 3.8) is 0 Å². The van der Waals surface area contributed by atoms with Gasteiger partial charge in [0, 0.05) is 0 Å². The molecule has 0 amide bonds. The van der Waals surface area contributed by atoms with Crippen molar-refractivity contribution < 1.29 is 5.11 Å². The Morgan fingerprint density at radius 3 is 1.80 bits per heavy atom. The van der Waals surface area contributed by atoms with Crippen LogP contribution in [0.3, 0.4) is 0 Å². The van der Waals surface area contributed by atoms with Crippen molar-refractivity contribution in [2.24, 2.45) is 0 Å². The van der Waals surface area contributed by atoms with Gasteiger partial charge in [-0.15, -0.1) is 0 Å². The van der Waals surface area contributed by atoms with E-state index >= 15 is 0 Å². The van der Waals surface area contributed by atoms with E-state index < -0.39 is 0 Å². The summed E-state index contributed by atoms with van der Waals surface area (Å²) in [5.41, 5.74) is 2.01. The zero-order valence-corrected chi connectivity index (χ0v) is 9.88. The van der Waals surface area contributed by atoms with Crippen molar-refractivity contribution in [3.8, 4) is 5.75 Å². The van der Waals surface area contributed by atoms with E-state index in [1.165, 1.54) is 0 Å². The summed E-state index contributed by atoms with van der Waals surface area (Å²) in [5, 5.41) is 12.0. The molecule has 1 aromatic carbocycles. The highest BCUT2D eigenvalue weighted by Gasteiger charge is 2.07. The van der Waals surface area contributed by atoms with Crippen LogP contribution < -0.4 is 0 Å². The van der Waals surface area contributed by atoms with Gasteiger partial charge in [0.2, 0.25) is 0 Å². The lowest BCUT2D eigenvalue weighted by atomic mass is 10.0. The maximum Gasteiger partial charge on any atom is 0.184 e. The highest BCUT2D eigenvalue weighted by Crippen LogP contribution is 2.26. The number of benzene rings is 1. The molecule has 0 aliphatic heterocycles. The fourth-order valence-corrected chi connectivity index (χ4v) is 1.77. The number of unbranched alkanes of at least 4 members (excludes halogenated alkanes) is 2. The molecule has 0 atom stereocenters. The first-order chi connectivity index (χ1) is 7.29. The third-order valence-corrected chi connectivity index (χ3v) is 2.78. The van der Waals surface area contributed by atoms with E-state index in [2.05, 4.69) is 13.8 Å². The monoisotopic (exact) mass is 205 g/mol. The molecular formula is C14H21O. The lowest BCUT2D eigenvalue weighted by molar-refractivity contribution is 0.344. The molecule has 0 aliphatic carbocycles. The minimum Gasteiger partial charge on any atom is -0.289 e. The first-order valence-corrected chi connectivity index (χ1v) is 6.07. The summed E-state index contributed by atoms with van der Waals surface area (Å²) >= 11 is 0. The van der Waals surface area contributed by atoms with Gasteiger partial charge in [-0.2, -0.15) is 0 Å². The van der Waals surface area contributed by atoms with Crippen molar-refractivity contribution in [1.29, 1.82) is 0 Å². The minimum absolute atomic E-state index is 0.291. The van der Waals surface area contributed by atoms with Crippen molar-refractivity contribution in [2.45, 2.75) is 52.4 Å². The summed E-state index contributed by atoms with van der Waals surface area (Å²) in [5.74, 6) is 0.291. The largest absolute Gasteiger partial charge is 0.289 e. The second-order valence-electron chi connectivity index (χ2n) is 4.11. The average Bonchev–Trinajstić information content (AvgIpc) is 2.26. The van der Waals surface area contributed by atoms with E-state index in [0.717, 1.165) is 49.7 Å². The Morgan fingerprint density at radius 1 is 0.933 bits per heavy atom. The zero-order chi connectivity index (χ0) is 11.1. The van der Waals surface area contributed by atoms with Gasteiger partial charge in [0.25, 0.3) is 0 Å². The zero-order valence-electron chi connectivity index (χ0n) is 9.88. The molecule has 1 nitrogen and oxygen atoms in total. The molecule has 0 bridgehead atoms. The van der Waals surface area contributed by atoms with Crippen molar-refractivity contribution in [2.75, 3.05) is 0 Å². The number of aryl methyl sites for hydroxylation is 2. The van der Waals surface area contributed by atoms with Gasteiger partial charge in [-0.05, 0) is 36.8 Å². The van der Waals surface area contributed by atoms with Crippen LogP contribution in [0.4, 0.5) is 0 Å². The Labute approximate surface area is 93.1 Å². The highest BCUT2D eigenvalue weighted by molar-refractivity contribution is 5.40. The normalized spacial score (nSPS) is 10.5. The number of hydrogen-bond acceptors (Lipinski definition) is 0. The maximum absolute atomic E-state index is 12.0. The van der Waals surface area contributed by atoms with Gasteiger partial charge >= 0.3 is 0 Å². The van der Waals surface area contributed by atoms with Crippen LogP contribution in [0.5, 0.6) is 5.75 Å². The van der Waals surface area contributed by atoms with Crippen LogP contribution in [0.2, 0.25) is 0 Å². The first kappa shape index (κ1) is 12.1. The van der Waals surface area contributed by atoms with Gasteiger partial charge in [-0.1, -0.05) is 44.9 Å². The summed E-state index contributed by atoms with van der Waals surface area (Å²) in [7, 11) is 0. The molecular weight excluding hydrogens is 184 g/mol. The molecule has 0 aromatic heterocycles. The molecule has 0 unspecified atom stereocenters. The molecule has 15 heavy (non-hydrogen) atoms. The van der Waals surface area contributed by atoms with E-state index in [9.17, 15) is 5.11 Å². The Bertz CT molecular complexity index is 265. The van der Waals surface area contributed by atoms with Crippen molar-refractivity contribution >= 4 is 0 Å². The second-order valence-corrected chi connectivity index (χ2v) is 4.11. The second kappa shape index (κ2) is 6.49. The molecule has 0 N–H and O–H groups in total. The lowest BCUT2D eigenvalue weighted by Crippen LogP contribution is -1.91. The average molecular weight is 205 g/mol. The van der Waals surface area contributed by atoms with Crippen molar-refractivity contribution in [3.05, 3.63) is 29.3 Å². The molecule has 83 valence electrons. The SMILES string of the molecule is CCCCc1cccc(CCCC)c1[O]. The van der Waals surface area contributed by atoms with E-state index in [-0.39, 0.29) is 0 Å². The molecule has 1 radical (unpaired) electrons. The Hall–Kier alpha value is -0.980. The predicted octanol–water partition coefficient (Wildman–Crippen LogP) is 4.52. The first-order valence-electron chi connectivity index (χ1n) is 6.07. The van der Waals surface area contributed by atoms with Crippen LogP contribution in [-0.4, -0.2) is 0 Å². The summed E-state index contributed by atoms with van der Waals surface area (Å²) < 4.78 is 0. The molecule has 0 saturated heterocycles. The minimum atomic E-state index is 0.291. The summed E-state index contributed by atoms with van der Waals surface area (Å²) in [6.45, 7) is 4.32. The molecule has 0 fully saturated rings. The fraction of sp³-hybridized carbons (Fsp3) is 0.571. The summed E-state index contributed by atoms with van der Waals surface area (Å²) in [4.78, 5) is 0. The molecule has 0 saturated carbocycles. The number of rotatable bonds is 6. The standard InChI is InChI=1S/C14H21O/c1-3-5-8-12-10-7-11-13(14(12)15)9-6-4-2/h7,10-11H,3-6,8-9H2,1-2H3. The van der Waals surface area contributed by atoms with Crippen LogP contribution in [0, 0.1) is 0 Å². The van der Waals surface area contributed by atoms with Crippen LogP contribution in [-0.2, 0) is 17.9 Å².